The largest absolute Gasteiger partial charge is 0.453 e. The molecule has 1 saturated heterocycles. The first kappa shape index (κ1) is 20.9. The fourth-order valence-corrected chi connectivity index (χ4v) is 5.04. The number of halogens is 1. The van der Waals surface area contributed by atoms with Crippen molar-refractivity contribution in [1.82, 2.24) is 20.2 Å². The molecule has 1 saturated carbocycles. The summed E-state index contributed by atoms with van der Waals surface area (Å²) in [6, 6.07) is 7.51. The molecule has 2 fully saturated rings. The number of benzene rings is 1. The lowest BCUT2D eigenvalue weighted by atomic mass is 9.95. The number of imidazole rings is 1. The summed E-state index contributed by atoms with van der Waals surface area (Å²) in [6.45, 7) is 3.86. The monoisotopic (exact) mass is 474 g/mol. The smallest absolute Gasteiger partial charge is 0.407 e. The van der Waals surface area contributed by atoms with Gasteiger partial charge < -0.3 is 19.9 Å². The second kappa shape index (κ2) is 8.41. The molecule has 1 unspecified atom stereocenters. The van der Waals surface area contributed by atoms with Gasteiger partial charge in [0.2, 0.25) is 5.91 Å². The van der Waals surface area contributed by atoms with Gasteiger partial charge in [-0.3, -0.25) is 4.79 Å². The van der Waals surface area contributed by atoms with Crippen LogP contribution in [0.5, 0.6) is 0 Å². The molecule has 2 N–H and O–H groups in total. The van der Waals surface area contributed by atoms with Crippen molar-refractivity contribution in [3.8, 4) is 11.3 Å². The minimum Gasteiger partial charge on any atom is -0.453 e. The topological polar surface area (TPSA) is 87.3 Å². The first-order chi connectivity index (χ1) is 14.4. The fourth-order valence-electron chi connectivity index (χ4n) is 4.78. The van der Waals surface area contributed by atoms with Crippen LogP contribution in [0.3, 0.4) is 0 Å². The minimum atomic E-state index is -0.625. The predicted molar refractivity (Wildman–Crippen MR) is 117 cm³/mol. The molecule has 2 bridgehead atoms. The van der Waals surface area contributed by atoms with E-state index in [-0.39, 0.29) is 23.9 Å². The Morgan fingerprint density at radius 2 is 2.00 bits per heavy atom. The first-order valence-electron chi connectivity index (χ1n) is 10.4. The molecular weight excluding hydrogens is 448 g/mol. The molecular formula is C22H27BrN4O3. The summed E-state index contributed by atoms with van der Waals surface area (Å²) < 4.78 is 5.76. The van der Waals surface area contributed by atoms with Crippen molar-refractivity contribution in [2.24, 2.45) is 11.8 Å². The maximum atomic E-state index is 13.5. The van der Waals surface area contributed by atoms with Gasteiger partial charge in [-0.2, -0.15) is 0 Å². The van der Waals surface area contributed by atoms with Gasteiger partial charge in [0.15, 0.2) is 0 Å². The standard InChI is InChI=1S/C22H27BrN4O3/c1-12(2)18(26-22(29)30-3)21(28)27-16-9-6-14(10-16)19(27)20-24-11-17(25-20)13-4-7-15(23)8-5-13/h4-5,7-8,11-12,14,16,18-19H,6,9-10H2,1-3H3,(H,24,25)(H,26,29)/t14-,16+,18?,19-/m0/s1. The summed E-state index contributed by atoms with van der Waals surface area (Å²) in [6.07, 6.45) is 4.31. The molecule has 1 aromatic heterocycles. The lowest BCUT2D eigenvalue weighted by molar-refractivity contribution is -0.139. The number of alkyl carbamates (subject to hydrolysis) is 1. The van der Waals surface area contributed by atoms with E-state index in [9.17, 15) is 9.59 Å². The first-order valence-corrected chi connectivity index (χ1v) is 11.2. The van der Waals surface area contributed by atoms with Gasteiger partial charge in [-0.05, 0) is 48.8 Å². The molecule has 2 aromatic rings. The lowest BCUT2D eigenvalue weighted by Crippen LogP contribution is -2.54. The van der Waals surface area contributed by atoms with Crippen LogP contribution in [0.2, 0.25) is 0 Å². The number of ether oxygens (including phenoxy) is 1. The second-order valence-corrected chi connectivity index (χ2v) is 9.38. The Morgan fingerprint density at radius 3 is 2.67 bits per heavy atom. The van der Waals surface area contributed by atoms with Gasteiger partial charge in [0.05, 0.1) is 25.0 Å². The van der Waals surface area contributed by atoms with E-state index in [1.54, 1.807) is 0 Å². The zero-order chi connectivity index (χ0) is 21.4. The van der Waals surface area contributed by atoms with Crippen molar-refractivity contribution in [2.45, 2.75) is 51.2 Å². The van der Waals surface area contributed by atoms with E-state index in [4.69, 9.17) is 4.74 Å². The van der Waals surface area contributed by atoms with Gasteiger partial charge in [-0.15, -0.1) is 0 Å². The highest BCUT2D eigenvalue weighted by Crippen LogP contribution is 2.50. The number of amides is 2. The fraction of sp³-hybridized carbons (Fsp3) is 0.500. The van der Waals surface area contributed by atoms with E-state index in [0.29, 0.717) is 5.92 Å². The molecule has 8 heteroatoms. The molecule has 4 rings (SSSR count). The number of fused-ring (bicyclic) bond motifs is 2. The highest BCUT2D eigenvalue weighted by Gasteiger charge is 2.51. The van der Waals surface area contributed by atoms with Gasteiger partial charge in [-0.25, -0.2) is 9.78 Å². The number of carbonyl (C=O) groups is 2. The summed E-state index contributed by atoms with van der Waals surface area (Å²) >= 11 is 3.46. The maximum Gasteiger partial charge on any atom is 0.407 e. The third-order valence-corrected chi connectivity index (χ3v) is 6.79. The quantitative estimate of drug-likeness (QED) is 0.676. The molecule has 4 atom stereocenters. The van der Waals surface area contributed by atoms with Gasteiger partial charge in [0.1, 0.15) is 11.9 Å². The average Bonchev–Trinajstić information content (AvgIpc) is 3.47. The van der Waals surface area contributed by atoms with Gasteiger partial charge >= 0.3 is 6.09 Å². The summed E-state index contributed by atoms with van der Waals surface area (Å²) in [5.41, 5.74) is 1.98. The summed E-state index contributed by atoms with van der Waals surface area (Å²) in [7, 11) is 1.31. The number of hydrogen-bond donors (Lipinski definition) is 2. The molecule has 160 valence electrons. The van der Waals surface area contributed by atoms with Gasteiger partial charge in [0, 0.05) is 10.5 Å². The molecule has 0 spiro atoms. The number of nitrogens with zero attached hydrogens (tertiary/aromatic N) is 2. The Kier molecular flexibility index (Phi) is 5.86. The van der Waals surface area contributed by atoms with E-state index in [2.05, 4.69) is 31.2 Å². The molecule has 2 aliphatic rings. The normalized spacial score (nSPS) is 23.6. The van der Waals surface area contributed by atoms with E-state index >= 15 is 0 Å². The molecule has 1 aliphatic carbocycles. The number of methoxy groups -OCH3 is 1. The predicted octanol–water partition coefficient (Wildman–Crippen LogP) is 4.27. The minimum absolute atomic E-state index is 0.0497. The van der Waals surface area contributed by atoms with Crippen LogP contribution in [0.4, 0.5) is 4.79 Å². The second-order valence-electron chi connectivity index (χ2n) is 8.46. The van der Waals surface area contributed by atoms with E-state index in [0.717, 1.165) is 40.8 Å². The molecule has 7 nitrogen and oxygen atoms in total. The van der Waals surface area contributed by atoms with Crippen molar-refractivity contribution < 1.29 is 14.3 Å². The third-order valence-electron chi connectivity index (χ3n) is 6.26. The number of likely N-dealkylation sites (tertiary alicyclic amines) is 1. The zero-order valence-electron chi connectivity index (χ0n) is 17.4. The number of piperidine rings is 1. The van der Waals surface area contributed by atoms with Crippen molar-refractivity contribution in [1.29, 1.82) is 0 Å². The Balaban J connectivity index is 1.61. The number of carbonyl (C=O) groups excluding carboxylic acids is 2. The Bertz CT molecular complexity index is 927. The van der Waals surface area contributed by atoms with Crippen LogP contribution in [-0.2, 0) is 9.53 Å². The summed E-state index contributed by atoms with van der Waals surface area (Å²) in [5.74, 6) is 1.09. The highest BCUT2D eigenvalue weighted by atomic mass is 79.9. The number of aromatic amines is 1. The Labute approximate surface area is 184 Å². The van der Waals surface area contributed by atoms with Crippen LogP contribution in [0.15, 0.2) is 34.9 Å². The lowest BCUT2D eigenvalue weighted by Gasteiger charge is -2.37. The number of nitrogens with one attached hydrogen (secondary N) is 2. The maximum absolute atomic E-state index is 13.5. The Morgan fingerprint density at radius 1 is 1.27 bits per heavy atom. The summed E-state index contributed by atoms with van der Waals surface area (Å²) in [5, 5.41) is 2.72. The number of aromatic nitrogens is 2. The van der Waals surface area contributed by atoms with E-state index in [1.807, 2.05) is 49.2 Å². The SMILES string of the molecule is COC(=O)NC(C(=O)N1[C@@H]2CC[C@@H](C2)[C@H]1c1ncc(-c2ccc(Br)cc2)[nH]1)C(C)C. The van der Waals surface area contributed by atoms with Crippen LogP contribution >= 0.6 is 15.9 Å². The van der Waals surface area contributed by atoms with Crippen LogP contribution in [0.25, 0.3) is 11.3 Å². The van der Waals surface area contributed by atoms with E-state index in [1.165, 1.54) is 7.11 Å². The zero-order valence-corrected chi connectivity index (χ0v) is 19.0. The van der Waals surface area contributed by atoms with Crippen molar-refractivity contribution in [3.63, 3.8) is 0 Å². The van der Waals surface area contributed by atoms with Gasteiger partial charge in [0.25, 0.3) is 0 Å². The number of H-pyrrole nitrogens is 1. The van der Waals surface area contributed by atoms with E-state index < -0.39 is 12.1 Å². The third kappa shape index (κ3) is 3.85. The van der Waals surface area contributed by atoms with Crippen molar-refractivity contribution >= 4 is 27.9 Å². The Hall–Kier alpha value is -2.35. The van der Waals surface area contributed by atoms with Crippen molar-refractivity contribution in [2.75, 3.05) is 7.11 Å². The average molecular weight is 475 g/mol. The molecule has 30 heavy (non-hydrogen) atoms. The molecule has 0 radical (unpaired) electrons. The van der Waals surface area contributed by atoms with Crippen LogP contribution in [0, 0.1) is 11.8 Å². The molecule has 2 amide bonds. The van der Waals surface area contributed by atoms with Crippen LogP contribution in [-0.4, -0.2) is 46.1 Å². The van der Waals surface area contributed by atoms with Crippen LogP contribution < -0.4 is 5.32 Å². The van der Waals surface area contributed by atoms with Crippen LogP contribution in [0.1, 0.15) is 45.0 Å². The number of rotatable bonds is 5. The molecule has 2 heterocycles. The summed E-state index contributed by atoms with van der Waals surface area (Å²) in [4.78, 5) is 35.4. The highest BCUT2D eigenvalue weighted by molar-refractivity contribution is 9.10. The van der Waals surface area contributed by atoms with Crippen molar-refractivity contribution in [3.05, 3.63) is 40.8 Å². The molecule has 1 aromatic carbocycles. The molecule has 1 aliphatic heterocycles. The number of hydrogen-bond acceptors (Lipinski definition) is 4. The van der Waals surface area contributed by atoms with Gasteiger partial charge in [-0.1, -0.05) is 41.9 Å².